The highest BCUT2D eigenvalue weighted by atomic mass is 79.9. The number of rotatable bonds is 9. The van der Waals surface area contributed by atoms with Gasteiger partial charge in [0.15, 0.2) is 11.5 Å². The number of esters is 1. The van der Waals surface area contributed by atoms with Gasteiger partial charge < -0.3 is 19.3 Å². The van der Waals surface area contributed by atoms with Crippen LogP contribution in [0.4, 0.5) is 4.79 Å². The Morgan fingerprint density at radius 3 is 2.63 bits per heavy atom. The molecule has 0 aliphatic carbocycles. The van der Waals surface area contributed by atoms with Crippen LogP contribution in [0.1, 0.15) is 35.3 Å². The summed E-state index contributed by atoms with van der Waals surface area (Å²) in [6.45, 7) is 3.32. The van der Waals surface area contributed by atoms with E-state index in [0.717, 1.165) is 16.7 Å². The van der Waals surface area contributed by atoms with Crippen molar-refractivity contribution in [3.05, 3.63) is 62.5 Å². The number of carboxylic acids is 1. The standard InChI is InChI=1S/C24H22BrNO8S/c1-4-33-23(30)13(2)26-21(27)19(35-24(26)31)11-15-9-17(25)20(18(10-15)32-3)34-12-14-6-5-7-16(8-14)22(28)29/h5-11,13H,4,12H2,1-3H3,(H,28,29)/b19-11+/t13-/m1/s1. The molecule has 0 bridgehead atoms. The van der Waals surface area contributed by atoms with E-state index in [-0.39, 0.29) is 23.7 Å². The number of carbonyl (C=O) groups is 4. The first-order valence-electron chi connectivity index (χ1n) is 10.4. The molecule has 1 atom stereocenters. The molecule has 11 heteroatoms. The highest BCUT2D eigenvalue weighted by molar-refractivity contribution is 9.10. The molecule has 2 amide bonds. The predicted octanol–water partition coefficient (Wildman–Crippen LogP) is 4.72. The van der Waals surface area contributed by atoms with Gasteiger partial charge in [-0.2, -0.15) is 0 Å². The number of imide groups is 1. The average Bonchev–Trinajstić information content (AvgIpc) is 3.10. The number of aromatic carboxylic acids is 1. The fraction of sp³-hybridized carbons (Fsp3) is 0.250. The molecule has 1 aliphatic rings. The van der Waals surface area contributed by atoms with Crippen LogP contribution in [0.5, 0.6) is 11.5 Å². The first kappa shape index (κ1) is 26.3. The smallest absolute Gasteiger partial charge is 0.335 e. The van der Waals surface area contributed by atoms with E-state index < -0.39 is 29.1 Å². The third-order valence-corrected chi connectivity index (χ3v) is 6.42. The van der Waals surface area contributed by atoms with Crippen molar-refractivity contribution in [2.24, 2.45) is 0 Å². The maximum absolute atomic E-state index is 12.8. The number of amides is 2. The molecule has 0 spiro atoms. The van der Waals surface area contributed by atoms with E-state index in [1.54, 1.807) is 31.2 Å². The molecule has 9 nitrogen and oxygen atoms in total. The van der Waals surface area contributed by atoms with Gasteiger partial charge in [0.05, 0.1) is 28.7 Å². The first-order valence-corrected chi connectivity index (χ1v) is 12.0. The quantitative estimate of drug-likeness (QED) is 0.341. The zero-order chi connectivity index (χ0) is 25.7. The second-order valence-corrected chi connectivity index (χ2v) is 9.16. The Hall–Kier alpha value is -3.31. The van der Waals surface area contributed by atoms with Crippen molar-refractivity contribution in [3.63, 3.8) is 0 Å². The Morgan fingerprint density at radius 1 is 1.23 bits per heavy atom. The number of carbonyl (C=O) groups excluding carboxylic acids is 3. The summed E-state index contributed by atoms with van der Waals surface area (Å²) in [7, 11) is 1.46. The number of thioether (sulfide) groups is 1. The Bertz CT molecular complexity index is 1210. The number of benzene rings is 2. The van der Waals surface area contributed by atoms with Crippen molar-refractivity contribution in [1.82, 2.24) is 4.90 Å². The van der Waals surface area contributed by atoms with Crippen molar-refractivity contribution in [1.29, 1.82) is 0 Å². The van der Waals surface area contributed by atoms with Gasteiger partial charge in [-0.05, 0) is 83.0 Å². The zero-order valence-electron chi connectivity index (χ0n) is 19.1. The summed E-state index contributed by atoms with van der Waals surface area (Å²) in [5, 5.41) is 8.60. The number of hydrogen-bond donors (Lipinski definition) is 1. The maximum atomic E-state index is 12.8. The Morgan fingerprint density at radius 2 is 1.97 bits per heavy atom. The molecule has 1 saturated heterocycles. The lowest BCUT2D eigenvalue weighted by atomic mass is 10.1. The Kier molecular flexibility index (Phi) is 8.57. The predicted molar refractivity (Wildman–Crippen MR) is 132 cm³/mol. The van der Waals surface area contributed by atoms with Crippen molar-refractivity contribution in [3.8, 4) is 11.5 Å². The van der Waals surface area contributed by atoms with E-state index in [0.29, 0.717) is 27.1 Å². The van der Waals surface area contributed by atoms with Gasteiger partial charge in [-0.3, -0.25) is 14.5 Å². The minimum Gasteiger partial charge on any atom is -0.493 e. The minimum absolute atomic E-state index is 0.0973. The molecule has 35 heavy (non-hydrogen) atoms. The molecular formula is C24H22BrNO8S. The van der Waals surface area contributed by atoms with Gasteiger partial charge in [-0.1, -0.05) is 12.1 Å². The van der Waals surface area contributed by atoms with Crippen LogP contribution in [-0.2, 0) is 20.9 Å². The van der Waals surface area contributed by atoms with E-state index in [1.165, 1.54) is 32.2 Å². The van der Waals surface area contributed by atoms with Crippen molar-refractivity contribution < 1.29 is 38.5 Å². The van der Waals surface area contributed by atoms with Crippen molar-refractivity contribution >= 4 is 56.9 Å². The third-order valence-electron chi connectivity index (χ3n) is 4.95. The second-order valence-electron chi connectivity index (χ2n) is 7.31. The Balaban J connectivity index is 1.82. The molecule has 2 aromatic rings. The molecule has 1 aliphatic heterocycles. The van der Waals surface area contributed by atoms with Crippen LogP contribution in [0.3, 0.4) is 0 Å². The maximum Gasteiger partial charge on any atom is 0.335 e. The molecule has 0 radical (unpaired) electrons. The molecule has 0 aromatic heterocycles. The summed E-state index contributed by atoms with van der Waals surface area (Å²) in [4.78, 5) is 49.4. The highest BCUT2D eigenvalue weighted by Gasteiger charge is 2.41. The van der Waals surface area contributed by atoms with E-state index in [4.69, 9.17) is 19.3 Å². The van der Waals surface area contributed by atoms with Crippen molar-refractivity contribution in [2.45, 2.75) is 26.5 Å². The molecule has 1 heterocycles. The summed E-state index contributed by atoms with van der Waals surface area (Å²) in [6, 6.07) is 8.67. The number of nitrogens with zero attached hydrogens (tertiary/aromatic N) is 1. The number of hydrogen-bond acceptors (Lipinski definition) is 8. The minimum atomic E-state index is -1.04. The third kappa shape index (κ3) is 6.04. The van der Waals surface area contributed by atoms with E-state index >= 15 is 0 Å². The molecule has 184 valence electrons. The van der Waals surface area contributed by atoms with Crippen LogP contribution < -0.4 is 9.47 Å². The van der Waals surface area contributed by atoms with Crippen molar-refractivity contribution in [2.75, 3.05) is 13.7 Å². The molecule has 0 saturated carbocycles. The van der Waals surface area contributed by atoms with E-state index in [1.807, 2.05) is 0 Å². The summed E-state index contributed by atoms with van der Waals surface area (Å²) in [6.07, 6.45) is 1.52. The highest BCUT2D eigenvalue weighted by Crippen LogP contribution is 2.40. The topological polar surface area (TPSA) is 119 Å². The monoisotopic (exact) mass is 563 g/mol. The summed E-state index contributed by atoms with van der Waals surface area (Å²) < 4.78 is 16.8. The lowest BCUT2D eigenvalue weighted by molar-refractivity contribution is -0.150. The fourth-order valence-electron chi connectivity index (χ4n) is 3.25. The van der Waals surface area contributed by atoms with Gasteiger partial charge in [0.25, 0.3) is 11.1 Å². The molecule has 1 N–H and O–H groups in total. The molecule has 0 unspecified atom stereocenters. The lowest BCUT2D eigenvalue weighted by Gasteiger charge is -2.19. The Labute approximate surface area is 214 Å². The average molecular weight is 564 g/mol. The fourth-order valence-corrected chi connectivity index (χ4v) is 4.73. The number of ether oxygens (including phenoxy) is 3. The van der Waals surface area contributed by atoms with Crippen LogP contribution in [0.15, 0.2) is 45.8 Å². The molecule has 1 fully saturated rings. The van der Waals surface area contributed by atoms with Crippen LogP contribution >= 0.6 is 27.7 Å². The normalized spacial score (nSPS) is 15.3. The molecule has 3 rings (SSSR count). The summed E-state index contributed by atoms with van der Waals surface area (Å²) in [5.41, 5.74) is 1.37. The van der Waals surface area contributed by atoms with E-state index in [9.17, 15) is 19.2 Å². The van der Waals surface area contributed by atoms with Crippen LogP contribution in [0.25, 0.3) is 6.08 Å². The van der Waals surface area contributed by atoms with Gasteiger partial charge in [-0.25, -0.2) is 9.59 Å². The van der Waals surface area contributed by atoms with Gasteiger partial charge in [0.2, 0.25) is 0 Å². The summed E-state index contributed by atoms with van der Waals surface area (Å²) >= 11 is 4.17. The molecule has 2 aromatic carbocycles. The van der Waals surface area contributed by atoms with Gasteiger partial charge >= 0.3 is 11.9 Å². The first-order chi connectivity index (χ1) is 16.7. The van der Waals surface area contributed by atoms with E-state index in [2.05, 4.69) is 15.9 Å². The largest absolute Gasteiger partial charge is 0.493 e. The van der Waals surface area contributed by atoms with Crippen LogP contribution in [0, 0.1) is 0 Å². The number of halogens is 1. The van der Waals surface area contributed by atoms with Gasteiger partial charge in [0, 0.05) is 0 Å². The lowest BCUT2D eigenvalue weighted by Crippen LogP contribution is -2.42. The number of methoxy groups -OCH3 is 1. The SMILES string of the molecule is CCOC(=O)[C@@H](C)N1C(=O)S/C(=C/c2cc(Br)c(OCc3cccc(C(=O)O)c3)c(OC)c2)C1=O. The van der Waals surface area contributed by atoms with Crippen LogP contribution in [0.2, 0.25) is 0 Å². The molecular weight excluding hydrogens is 542 g/mol. The number of carboxylic acid groups (broad SMARTS) is 1. The zero-order valence-corrected chi connectivity index (χ0v) is 21.5. The van der Waals surface area contributed by atoms with Crippen LogP contribution in [-0.4, -0.2) is 52.8 Å². The summed E-state index contributed by atoms with van der Waals surface area (Å²) in [5.74, 6) is -1.53. The van der Waals surface area contributed by atoms with Gasteiger partial charge in [0.1, 0.15) is 12.6 Å². The van der Waals surface area contributed by atoms with Gasteiger partial charge in [-0.15, -0.1) is 0 Å². The second kappa shape index (κ2) is 11.4.